The molecule has 1 N–H and O–H groups in total. The monoisotopic (exact) mass is 379 g/mol. The summed E-state index contributed by atoms with van der Waals surface area (Å²) in [7, 11) is 0. The minimum Gasteiger partial charge on any atom is -0.377 e. The molecule has 1 nitrogen and oxygen atoms in total. The van der Waals surface area contributed by atoms with Crippen LogP contribution < -0.4 is 5.32 Å². The molecule has 2 aromatic rings. The Bertz CT molecular complexity index is 564. The van der Waals surface area contributed by atoms with E-state index in [4.69, 9.17) is 0 Å². The van der Waals surface area contributed by atoms with Gasteiger partial charge in [-0.25, -0.2) is 0 Å². The van der Waals surface area contributed by atoms with Gasteiger partial charge in [-0.3, -0.25) is 0 Å². The van der Waals surface area contributed by atoms with Gasteiger partial charge in [0.2, 0.25) is 0 Å². The highest BCUT2D eigenvalue weighted by Crippen LogP contribution is 2.43. The van der Waals surface area contributed by atoms with E-state index in [1.807, 2.05) is 6.07 Å². The molecule has 19 heavy (non-hydrogen) atoms. The summed E-state index contributed by atoms with van der Waals surface area (Å²) in [6, 6.07) is 17.4. The number of hydrogen-bond donors (Lipinski definition) is 1. The highest BCUT2D eigenvalue weighted by atomic mass is 79.9. The van der Waals surface area contributed by atoms with Crippen molar-refractivity contribution in [3.05, 3.63) is 63.0 Å². The van der Waals surface area contributed by atoms with Crippen molar-refractivity contribution in [1.29, 1.82) is 0 Å². The molecule has 1 fully saturated rings. The van der Waals surface area contributed by atoms with Gasteiger partial charge in [-0.15, -0.1) is 0 Å². The van der Waals surface area contributed by atoms with Gasteiger partial charge in [0.05, 0.1) is 11.7 Å². The van der Waals surface area contributed by atoms with Crippen LogP contribution in [0, 0.1) is 5.92 Å². The Morgan fingerprint density at radius 3 is 2.42 bits per heavy atom. The molecular formula is C16H15Br2N. The third-order valence-corrected chi connectivity index (χ3v) is 4.68. The van der Waals surface area contributed by atoms with E-state index < -0.39 is 0 Å². The number of anilines is 1. The summed E-state index contributed by atoms with van der Waals surface area (Å²) in [6.07, 6.45) is 2.64. The number of halogens is 2. The lowest BCUT2D eigenvalue weighted by molar-refractivity contribution is 0.678. The SMILES string of the molecule is Brc1ccc(Br)c(NC(c2ccccc2)C2CC2)c1. The zero-order valence-corrected chi connectivity index (χ0v) is 13.6. The predicted molar refractivity (Wildman–Crippen MR) is 87.4 cm³/mol. The van der Waals surface area contributed by atoms with Crippen LogP contribution in [0.4, 0.5) is 5.69 Å². The summed E-state index contributed by atoms with van der Waals surface area (Å²) < 4.78 is 2.21. The summed E-state index contributed by atoms with van der Waals surface area (Å²) >= 11 is 7.15. The summed E-state index contributed by atoms with van der Waals surface area (Å²) in [5, 5.41) is 3.69. The second-order valence-corrected chi connectivity index (χ2v) is 6.76. The van der Waals surface area contributed by atoms with E-state index in [2.05, 4.69) is 79.6 Å². The van der Waals surface area contributed by atoms with Crippen molar-refractivity contribution in [3.63, 3.8) is 0 Å². The third-order valence-electron chi connectivity index (χ3n) is 3.49. The molecule has 0 aliphatic heterocycles. The maximum atomic E-state index is 3.69. The van der Waals surface area contributed by atoms with Crippen LogP contribution in [-0.2, 0) is 0 Å². The molecular weight excluding hydrogens is 366 g/mol. The molecule has 0 spiro atoms. The lowest BCUT2D eigenvalue weighted by Gasteiger charge is -2.21. The first-order valence-corrected chi connectivity index (χ1v) is 8.09. The number of hydrogen-bond acceptors (Lipinski definition) is 1. The van der Waals surface area contributed by atoms with Crippen LogP contribution in [0.3, 0.4) is 0 Å². The molecule has 0 bridgehead atoms. The Morgan fingerprint density at radius 2 is 1.74 bits per heavy atom. The smallest absolute Gasteiger partial charge is 0.0542 e. The summed E-state index contributed by atoms with van der Waals surface area (Å²) in [4.78, 5) is 0. The average Bonchev–Trinajstić information content (AvgIpc) is 3.25. The molecule has 0 aromatic heterocycles. The largest absolute Gasteiger partial charge is 0.377 e. The molecule has 0 radical (unpaired) electrons. The summed E-state index contributed by atoms with van der Waals surface area (Å²) in [6.45, 7) is 0. The van der Waals surface area contributed by atoms with E-state index in [0.29, 0.717) is 6.04 Å². The molecule has 1 aliphatic rings. The van der Waals surface area contributed by atoms with Crippen molar-refractivity contribution in [2.75, 3.05) is 5.32 Å². The fraction of sp³-hybridized carbons (Fsp3) is 0.250. The maximum absolute atomic E-state index is 3.69. The van der Waals surface area contributed by atoms with Crippen molar-refractivity contribution < 1.29 is 0 Å². The van der Waals surface area contributed by atoms with Crippen molar-refractivity contribution in [1.82, 2.24) is 0 Å². The minimum atomic E-state index is 0.409. The normalized spacial score (nSPS) is 16.1. The topological polar surface area (TPSA) is 12.0 Å². The third kappa shape index (κ3) is 3.21. The van der Waals surface area contributed by atoms with Gasteiger partial charge < -0.3 is 5.32 Å². The van der Waals surface area contributed by atoms with E-state index in [1.54, 1.807) is 0 Å². The molecule has 1 atom stereocenters. The number of rotatable bonds is 4. The van der Waals surface area contributed by atoms with Gasteiger partial charge in [0.1, 0.15) is 0 Å². The van der Waals surface area contributed by atoms with Gasteiger partial charge in [0.25, 0.3) is 0 Å². The van der Waals surface area contributed by atoms with Crippen LogP contribution in [0.15, 0.2) is 57.5 Å². The van der Waals surface area contributed by atoms with Gasteiger partial charge in [0.15, 0.2) is 0 Å². The van der Waals surface area contributed by atoms with Crippen LogP contribution in [0.2, 0.25) is 0 Å². The van der Waals surface area contributed by atoms with Crippen LogP contribution >= 0.6 is 31.9 Å². The van der Waals surface area contributed by atoms with E-state index in [1.165, 1.54) is 18.4 Å². The lowest BCUT2D eigenvalue weighted by Crippen LogP contribution is -2.13. The van der Waals surface area contributed by atoms with E-state index >= 15 is 0 Å². The van der Waals surface area contributed by atoms with Gasteiger partial charge in [-0.2, -0.15) is 0 Å². The van der Waals surface area contributed by atoms with Crippen molar-refractivity contribution in [2.24, 2.45) is 5.92 Å². The second kappa shape index (κ2) is 5.68. The quantitative estimate of drug-likeness (QED) is 0.709. The van der Waals surface area contributed by atoms with Gasteiger partial charge in [-0.05, 0) is 58.5 Å². The molecule has 1 saturated carbocycles. The van der Waals surface area contributed by atoms with Crippen molar-refractivity contribution in [3.8, 4) is 0 Å². The number of nitrogens with one attached hydrogen (secondary N) is 1. The Labute approximate surface area is 130 Å². The highest BCUT2D eigenvalue weighted by Gasteiger charge is 2.32. The van der Waals surface area contributed by atoms with Crippen molar-refractivity contribution >= 4 is 37.5 Å². The zero-order valence-electron chi connectivity index (χ0n) is 10.4. The molecule has 0 heterocycles. The fourth-order valence-corrected chi connectivity index (χ4v) is 3.06. The fourth-order valence-electron chi connectivity index (χ4n) is 2.34. The molecule has 3 heteroatoms. The molecule has 1 aliphatic carbocycles. The molecule has 3 rings (SSSR count). The van der Waals surface area contributed by atoms with E-state index in [9.17, 15) is 0 Å². The highest BCUT2D eigenvalue weighted by molar-refractivity contribution is 9.11. The first kappa shape index (κ1) is 13.2. The molecule has 0 saturated heterocycles. The first-order valence-electron chi connectivity index (χ1n) is 6.50. The Kier molecular flexibility index (Phi) is 3.94. The van der Waals surface area contributed by atoms with Crippen LogP contribution in [0.5, 0.6) is 0 Å². The Balaban J connectivity index is 1.88. The second-order valence-electron chi connectivity index (χ2n) is 4.99. The van der Waals surface area contributed by atoms with Crippen LogP contribution in [-0.4, -0.2) is 0 Å². The first-order chi connectivity index (χ1) is 9.24. The molecule has 2 aromatic carbocycles. The lowest BCUT2D eigenvalue weighted by atomic mass is 10.0. The Morgan fingerprint density at radius 1 is 1.00 bits per heavy atom. The Hall–Kier alpha value is -0.800. The zero-order chi connectivity index (χ0) is 13.2. The molecule has 1 unspecified atom stereocenters. The predicted octanol–water partition coefficient (Wildman–Crippen LogP) is 5.77. The summed E-state index contributed by atoms with van der Waals surface area (Å²) in [5.74, 6) is 0.758. The maximum Gasteiger partial charge on any atom is 0.0542 e. The average molecular weight is 381 g/mol. The minimum absolute atomic E-state index is 0.409. The van der Waals surface area contributed by atoms with Gasteiger partial charge >= 0.3 is 0 Å². The van der Waals surface area contributed by atoms with E-state index in [0.717, 1.165) is 20.6 Å². The van der Waals surface area contributed by atoms with E-state index in [-0.39, 0.29) is 0 Å². The molecule has 98 valence electrons. The van der Waals surface area contributed by atoms with Gasteiger partial charge in [0, 0.05) is 8.95 Å². The standard InChI is InChI=1S/C16H15Br2N/c17-13-8-9-14(18)15(10-13)19-16(12-6-7-12)11-4-2-1-3-5-11/h1-5,8-10,12,16,19H,6-7H2. The summed E-state index contributed by atoms with van der Waals surface area (Å²) in [5.41, 5.74) is 2.52. The van der Waals surface area contributed by atoms with Crippen LogP contribution in [0.1, 0.15) is 24.4 Å². The van der Waals surface area contributed by atoms with Crippen LogP contribution in [0.25, 0.3) is 0 Å². The van der Waals surface area contributed by atoms with Gasteiger partial charge in [-0.1, -0.05) is 46.3 Å². The molecule has 0 amide bonds. The van der Waals surface area contributed by atoms with Crippen molar-refractivity contribution in [2.45, 2.75) is 18.9 Å². The number of benzene rings is 2.